The molecule has 334 valence electrons. The number of hydrogen-bond acceptors (Lipinski definition) is 14. The average Bonchev–Trinajstić information content (AvgIpc) is 3.33. The molecule has 3 aromatic rings. The second-order valence-electron chi connectivity index (χ2n) is 17.7. The van der Waals surface area contributed by atoms with Crippen LogP contribution < -0.4 is 5.32 Å². The number of ketones is 1. The van der Waals surface area contributed by atoms with Crippen molar-refractivity contribution in [2.45, 2.75) is 115 Å². The number of aliphatic hydroxyl groups excluding tert-OH is 2. The topological polar surface area (TPSA) is 221 Å². The van der Waals surface area contributed by atoms with Gasteiger partial charge in [-0.05, 0) is 68.3 Å². The fraction of sp³-hybridized carbons (Fsp3) is 0.447. The molecule has 2 saturated heterocycles. The molecule has 2 saturated carbocycles. The summed E-state index contributed by atoms with van der Waals surface area (Å²) in [5.74, 6) is -10.1. The Labute approximate surface area is 368 Å². The number of aliphatic hydroxyl groups is 3. The van der Waals surface area contributed by atoms with Crippen molar-refractivity contribution < 1.29 is 67.8 Å². The van der Waals surface area contributed by atoms with Gasteiger partial charge in [-0.2, -0.15) is 0 Å². The van der Waals surface area contributed by atoms with Gasteiger partial charge in [0, 0.05) is 48.3 Å². The lowest BCUT2D eigenvalue weighted by molar-refractivity contribution is -0.266. The van der Waals surface area contributed by atoms with Crippen LogP contribution in [0.2, 0.25) is 5.02 Å². The van der Waals surface area contributed by atoms with E-state index in [0.717, 1.165) is 13.8 Å². The highest BCUT2D eigenvalue weighted by atomic mass is 35.5. The van der Waals surface area contributed by atoms with Crippen LogP contribution in [-0.4, -0.2) is 98.4 Å². The smallest absolute Gasteiger partial charge is 0.338 e. The maximum atomic E-state index is 15.7. The molecule has 11 atom stereocenters. The highest BCUT2D eigenvalue weighted by molar-refractivity contribution is 6.30. The van der Waals surface area contributed by atoms with Gasteiger partial charge in [0.25, 0.3) is 11.7 Å². The van der Waals surface area contributed by atoms with Crippen molar-refractivity contribution in [2.75, 3.05) is 0 Å². The molecule has 0 spiro atoms. The Morgan fingerprint density at radius 3 is 1.98 bits per heavy atom. The van der Waals surface area contributed by atoms with Crippen LogP contribution in [0.1, 0.15) is 93.6 Å². The van der Waals surface area contributed by atoms with E-state index in [-0.39, 0.29) is 34.3 Å². The number of hydrogen-bond donors (Lipinski definition) is 4. The van der Waals surface area contributed by atoms with Crippen molar-refractivity contribution in [2.24, 2.45) is 16.7 Å². The summed E-state index contributed by atoms with van der Waals surface area (Å²) in [7, 11) is 0. The zero-order valence-corrected chi connectivity index (χ0v) is 36.5. The first-order valence-corrected chi connectivity index (χ1v) is 20.9. The number of halogens is 1. The van der Waals surface area contributed by atoms with Gasteiger partial charge in [-0.25, -0.2) is 9.59 Å². The van der Waals surface area contributed by atoms with Crippen LogP contribution in [0.25, 0.3) is 0 Å². The number of amides is 1. The SMILES string of the molecule is CC(=O)O[C@@]12O[C@@H]3C[C@H](O)[C@@](C)(C1=O)[C@H]([C@H](OC(=O)c1ccccc1)[C@]1(O)C[C@H](OC(=O)[C@H](O)[C@@H](NC(=O)c4ccccc4)c4ccc(Cl)cc4)C(C)=C2C1(C)C)[C@@]3(C)OC(C)=O. The predicted octanol–water partition coefficient (Wildman–Crippen LogP) is 4.74. The minimum atomic E-state index is -2.76. The van der Waals surface area contributed by atoms with Gasteiger partial charge in [-0.15, -0.1) is 0 Å². The van der Waals surface area contributed by atoms with Crippen LogP contribution in [0.4, 0.5) is 0 Å². The van der Waals surface area contributed by atoms with Crippen molar-refractivity contribution in [3.63, 3.8) is 0 Å². The average molecular weight is 888 g/mol. The van der Waals surface area contributed by atoms with Crippen LogP contribution in [0.3, 0.4) is 0 Å². The summed E-state index contributed by atoms with van der Waals surface area (Å²) in [5.41, 5.74) is -7.93. The Morgan fingerprint density at radius 1 is 0.841 bits per heavy atom. The molecule has 1 amide bonds. The van der Waals surface area contributed by atoms with Crippen molar-refractivity contribution in [3.05, 3.63) is 118 Å². The molecular weight excluding hydrogens is 838 g/mol. The van der Waals surface area contributed by atoms with Crippen LogP contribution in [-0.2, 0) is 42.9 Å². The van der Waals surface area contributed by atoms with E-state index in [9.17, 15) is 39.3 Å². The van der Waals surface area contributed by atoms with E-state index in [1.165, 1.54) is 71.0 Å². The quantitative estimate of drug-likeness (QED) is 0.123. The molecule has 5 aliphatic rings. The van der Waals surface area contributed by atoms with E-state index >= 15 is 4.79 Å². The standard InChI is InChI=1S/C47H50ClNO14/c1-24-31(59-41(56)35(53)34(27-18-20-30(48)21-19-27)49-39(54)28-14-10-8-11-15-28)23-46(58)38(60-40(55)29-16-12-9-13-17-29)37-44(6)32(52)22-33(45(37,7)61-25(2)50)63-47(42(44)57,62-26(3)51)36(24)43(46,4)5/h8-21,31-35,37-38,52-53,58H,22-23H2,1-7H3,(H,49,54)/t31-,32-,33+,34-,35+,37-,38-,44+,45-,46+,47-/m0/s1. The summed E-state index contributed by atoms with van der Waals surface area (Å²) in [5, 5.41) is 40.6. The van der Waals surface area contributed by atoms with Crippen molar-refractivity contribution in [1.82, 2.24) is 5.32 Å². The number of ether oxygens (including phenoxy) is 5. The summed E-state index contributed by atoms with van der Waals surface area (Å²) in [6.07, 6.45) is -9.49. The van der Waals surface area contributed by atoms with Gasteiger partial charge in [0.2, 0.25) is 5.78 Å². The Bertz CT molecular complexity index is 2370. The lowest BCUT2D eigenvalue weighted by atomic mass is 9.46. The maximum Gasteiger partial charge on any atom is 0.338 e. The number of carbonyl (C=O) groups excluding carboxylic acids is 6. The Morgan fingerprint density at radius 2 is 1.41 bits per heavy atom. The van der Waals surface area contributed by atoms with Gasteiger partial charge in [0.1, 0.15) is 29.5 Å². The first-order valence-electron chi connectivity index (χ1n) is 20.5. The third kappa shape index (κ3) is 7.33. The van der Waals surface area contributed by atoms with E-state index in [1.807, 2.05) is 0 Å². The number of rotatable bonds is 10. The number of esters is 4. The van der Waals surface area contributed by atoms with Gasteiger partial charge in [-0.1, -0.05) is 74.0 Å². The molecule has 3 aromatic carbocycles. The second-order valence-corrected chi connectivity index (χ2v) is 18.1. The summed E-state index contributed by atoms with van der Waals surface area (Å²) >= 11 is 6.16. The second kappa shape index (κ2) is 16.3. The van der Waals surface area contributed by atoms with Gasteiger partial charge in [0.15, 0.2) is 6.10 Å². The zero-order chi connectivity index (χ0) is 46.0. The van der Waals surface area contributed by atoms with Gasteiger partial charge < -0.3 is 44.3 Å². The van der Waals surface area contributed by atoms with E-state index in [0.29, 0.717) is 5.02 Å². The fourth-order valence-corrected chi connectivity index (χ4v) is 10.6. The molecule has 4 fully saturated rings. The lowest BCUT2D eigenvalue weighted by Crippen LogP contribution is -2.76. The highest BCUT2D eigenvalue weighted by Gasteiger charge is 2.82. The molecule has 4 N–H and O–H groups in total. The molecule has 15 nitrogen and oxygen atoms in total. The zero-order valence-electron chi connectivity index (χ0n) is 35.7. The monoisotopic (exact) mass is 887 g/mol. The summed E-state index contributed by atoms with van der Waals surface area (Å²) in [4.78, 5) is 84.2. The van der Waals surface area contributed by atoms with Crippen LogP contribution in [0.5, 0.6) is 0 Å². The molecule has 0 aromatic heterocycles. The molecule has 3 aliphatic carbocycles. The van der Waals surface area contributed by atoms with E-state index in [1.54, 1.807) is 48.5 Å². The molecule has 6 bridgehead atoms. The van der Waals surface area contributed by atoms with Crippen LogP contribution in [0.15, 0.2) is 96.1 Å². The number of nitrogens with one attached hydrogen (secondary N) is 1. The first-order chi connectivity index (χ1) is 29.5. The van der Waals surface area contributed by atoms with E-state index in [4.69, 9.17) is 35.3 Å². The fourth-order valence-electron chi connectivity index (χ4n) is 10.5. The molecule has 16 heteroatoms. The number of benzene rings is 3. The van der Waals surface area contributed by atoms with Crippen molar-refractivity contribution >= 4 is 47.2 Å². The molecule has 0 radical (unpaired) electrons. The first kappa shape index (κ1) is 45.6. The summed E-state index contributed by atoms with van der Waals surface area (Å²) in [6, 6.07) is 20.5. The number of Topliss-reactive ketones (excluding diaryl/α,β-unsaturated/α-hetero) is 1. The number of fused-ring (bicyclic) bond motifs is 3. The maximum absolute atomic E-state index is 15.7. The third-order valence-electron chi connectivity index (χ3n) is 13.6. The predicted molar refractivity (Wildman–Crippen MR) is 222 cm³/mol. The minimum absolute atomic E-state index is 0.0520. The van der Waals surface area contributed by atoms with E-state index in [2.05, 4.69) is 5.32 Å². The largest absolute Gasteiger partial charge is 0.456 e. The van der Waals surface area contributed by atoms with Crippen LogP contribution >= 0.6 is 11.6 Å². The highest BCUT2D eigenvalue weighted by Crippen LogP contribution is 2.67. The third-order valence-corrected chi connectivity index (χ3v) is 13.8. The molecule has 63 heavy (non-hydrogen) atoms. The molecule has 8 rings (SSSR count). The molecule has 2 heterocycles. The molecule has 2 aliphatic heterocycles. The Balaban J connectivity index is 1.42. The van der Waals surface area contributed by atoms with Crippen LogP contribution in [0, 0.1) is 16.7 Å². The number of carbonyl (C=O) groups is 6. The van der Waals surface area contributed by atoms with Gasteiger partial charge in [-0.3, -0.25) is 19.2 Å². The summed E-state index contributed by atoms with van der Waals surface area (Å²) < 4.78 is 31.3. The van der Waals surface area contributed by atoms with Gasteiger partial charge >= 0.3 is 23.9 Å². The normalized spacial score (nSPS) is 32.6. The summed E-state index contributed by atoms with van der Waals surface area (Å²) in [6.45, 7) is 9.47. The van der Waals surface area contributed by atoms with Gasteiger partial charge in [0.05, 0.1) is 29.0 Å². The Hall–Kier alpha value is -5.45. The van der Waals surface area contributed by atoms with E-state index < -0.39 is 112 Å². The lowest BCUT2D eigenvalue weighted by Gasteiger charge is -2.62. The minimum Gasteiger partial charge on any atom is -0.456 e. The molecular formula is C47H50ClNO14. The molecule has 0 unspecified atom stereocenters. The van der Waals surface area contributed by atoms with Crippen molar-refractivity contribution in [1.29, 1.82) is 0 Å². The Kier molecular flexibility index (Phi) is 11.8. The van der Waals surface area contributed by atoms with Crippen molar-refractivity contribution in [3.8, 4) is 0 Å².